The molecule has 0 unspecified atom stereocenters. The normalized spacial score (nSPS) is 18.6. The molecule has 5 rings (SSSR count). The number of nitrogens with one attached hydrogen (secondary N) is 2. The summed E-state index contributed by atoms with van der Waals surface area (Å²) in [5.41, 5.74) is 1.83. The third kappa shape index (κ3) is 4.83. The Bertz CT molecular complexity index is 1420. The Morgan fingerprint density at radius 3 is 2.69 bits per heavy atom. The first-order valence-corrected chi connectivity index (χ1v) is 12.8. The van der Waals surface area contributed by atoms with Crippen LogP contribution in [0.2, 0.25) is 0 Å². The first kappa shape index (κ1) is 24.3. The van der Waals surface area contributed by atoms with Gasteiger partial charge in [-0.25, -0.2) is 9.97 Å². The van der Waals surface area contributed by atoms with Gasteiger partial charge in [0.25, 0.3) is 0 Å². The maximum absolute atomic E-state index is 13.2. The van der Waals surface area contributed by atoms with E-state index in [-0.39, 0.29) is 23.4 Å². The van der Waals surface area contributed by atoms with Gasteiger partial charge in [0.15, 0.2) is 5.13 Å². The molecule has 0 spiro atoms. The van der Waals surface area contributed by atoms with Crippen molar-refractivity contribution >= 4 is 39.0 Å². The van der Waals surface area contributed by atoms with Gasteiger partial charge in [-0.05, 0) is 43.3 Å². The van der Waals surface area contributed by atoms with Crippen molar-refractivity contribution in [3.05, 3.63) is 46.9 Å². The number of carbonyl (C=O) groups excluding carboxylic acids is 1. The minimum absolute atomic E-state index is 0.00220. The fraction of sp³-hybridized carbons (Fsp3) is 0.423. The molecule has 2 N–H and O–H groups in total. The van der Waals surface area contributed by atoms with Gasteiger partial charge in [-0.15, -0.1) is 11.3 Å². The smallest absolute Gasteiger partial charge is 0.243 e. The van der Waals surface area contributed by atoms with Crippen LogP contribution in [0.15, 0.2) is 35.0 Å². The lowest BCUT2D eigenvalue weighted by atomic mass is 9.94. The Labute approximate surface area is 214 Å². The number of hydrogen-bond acceptors (Lipinski definition) is 9. The number of benzene rings is 1. The van der Waals surface area contributed by atoms with Crippen molar-refractivity contribution < 1.29 is 9.32 Å². The molecule has 0 bridgehead atoms. The maximum atomic E-state index is 13.2. The summed E-state index contributed by atoms with van der Waals surface area (Å²) in [5.74, 6) is 1.82. The zero-order valence-corrected chi connectivity index (χ0v) is 22.2. The number of carbonyl (C=O) groups is 1. The van der Waals surface area contributed by atoms with E-state index >= 15 is 0 Å². The fourth-order valence-electron chi connectivity index (χ4n) is 4.78. The van der Waals surface area contributed by atoms with Crippen LogP contribution in [0.5, 0.6) is 0 Å². The number of rotatable bonds is 5. The van der Waals surface area contributed by atoms with Crippen molar-refractivity contribution in [3.8, 4) is 11.4 Å². The number of fused-ring (bicyclic) bond motifs is 1. The summed E-state index contributed by atoms with van der Waals surface area (Å²) in [5, 5.41) is 13.4. The van der Waals surface area contributed by atoms with E-state index in [1.807, 2.05) is 38.2 Å². The molecule has 1 aliphatic rings. The molecule has 188 valence electrons. The number of likely N-dealkylation sites (tertiary alicyclic amines) is 1. The van der Waals surface area contributed by atoms with Crippen LogP contribution in [0.3, 0.4) is 0 Å². The Balaban J connectivity index is 1.31. The fourth-order valence-corrected chi connectivity index (χ4v) is 5.80. The highest BCUT2D eigenvalue weighted by atomic mass is 32.1. The van der Waals surface area contributed by atoms with E-state index in [1.54, 1.807) is 24.5 Å². The van der Waals surface area contributed by atoms with Crippen molar-refractivity contribution in [2.24, 2.45) is 0 Å². The van der Waals surface area contributed by atoms with Crippen LogP contribution < -0.4 is 10.6 Å². The minimum atomic E-state index is -0.252. The highest BCUT2D eigenvalue weighted by Crippen LogP contribution is 2.34. The molecule has 2 atom stereocenters. The minimum Gasteiger partial charge on any atom is -0.365 e. The number of aryl methyl sites for hydroxylation is 2. The molecule has 0 aliphatic carbocycles. The van der Waals surface area contributed by atoms with E-state index in [2.05, 4.69) is 56.4 Å². The zero-order chi connectivity index (χ0) is 25.6. The Morgan fingerprint density at radius 1 is 1.19 bits per heavy atom. The predicted molar refractivity (Wildman–Crippen MR) is 142 cm³/mol. The molecule has 1 aromatic carbocycles. The lowest BCUT2D eigenvalue weighted by Gasteiger charge is -2.17. The van der Waals surface area contributed by atoms with Gasteiger partial charge < -0.3 is 15.2 Å². The third-order valence-corrected chi connectivity index (χ3v) is 7.95. The number of anilines is 2. The topological polar surface area (TPSA) is 109 Å². The van der Waals surface area contributed by atoms with Gasteiger partial charge in [-0.3, -0.25) is 9.69 Å². The second-order valence-corrected chi connectivity index (χ2v) is 11.4. The second-order valence-electron chi connectivity index (χ2n) is 10.4. The van der Waals surface area contributed by atoms with Gasteiger partial charge in [0.05, 0.1) is 11.7 Å². The van der Waals surface area contributed by atoms with Crippen LogP contribution in [-0.2, 0) is 10.2 Å². The highest BCUT2D eigenvalue weighted by Gasteiger charge is 2.35. The number of amides is 1. The molecule has 3 aromatic heterocycles. The van der Waals surface area contributed by atoms with Crippen molar-refractivity contribution in [2.45, 2.75) is 58.5 Å². The van der Waals surface area contributed by atoms with Crippen LogP contribution in [-0.4, -0.2) is 56.6 Å². The molecule has 10 heteroatoms. The Kier molecular flexibility index (Phi) is 6.25. The number of nitrogens with zero attached hydrogens (tertiary/aromatic N) is 5. The van der Waals surface area contributed by atoms with Crippen LogP contribution in [0.25, 0.3) is 22.2 Å². The molecule has 9 nitrogen and oxygen atoms in total. The summed E-state index contributed by atoms with van der Waals surface area (Å²) >= 11 is 1.56. The molecule has 0 saturated carbocycles. The summed E-state index contributed by atoms with van der Waals surface area (Å²) in [6.45, 7) is 11.0. The standard InChI is InChI=1S/C26H31N7O2S/c1-14-21(26(3,4)5)36-25(28-14)31-24(34)20-12-18(13-33(20)6)30-23-19-11-17(22-29-15(2)35-32-22)8-7-16(19)9-10-27-23/h7-11,18,20H,12-13H2,1-6H3,(H,27,30)(H,28,31,34)/t18-,20-/m0/s1. The molecule has 0 radical (unpaired) electrons. The van der Waals surface area contributed by atoms with Crippen LogP contribution in [0, 0.1) is 13.8 Å². The monoisotopic (exact) mass is 505 g/mol. The molecule has 4 aromatic rings. The highest BCUT2D eigenvalue weighted by molar-refractivity contribution is 7.16. The number of pyridine rings is 1. The average Bonchev–Trinajstić information content (AvgIpc) is 3.51. The van der Waals surface area contributed by atoms with E-state index < -0.39 is 0 Å². The molecule has 1 fully saturated rings. The van der Waals surface area contributed by atoms with Crippen LogP contribution >= 0.6 is 11.3 Å². The second kappa shape index (κ2) is 9.25. The number of aromatic nitrogens is 4. The van der Waals surface area contributed by atoms with Crippen LogP contribution in [0.1, 0.15) is 43.7 Å². The molecular weight excluding hydrogens is 474 g/mol. The Hall–Kier alpha value is -3.37. The maximum Gasteiger partial charge on any atom is 0.243 e. The molecule has 1 amide bonds. The van der Waals surface area contributed by atoms with Gasteiger partial charge in [-0.2, -0.15) is 4.98 Å². The molecule has 4 heterocycles. The van der Waals surface area contributed by atoms with Crippen molar-refractivity contribution in [1.29, 1.82) is 0 Å². The number of likely N-dealkylation sites (N-methyl/N-ethyl adjacent to an activating group) is 1. The summed E-state index contributed by atoms with van der Waals surface area (Å²) < 4.78 is 5.14. The van der Waals surface area contributed by atoms with Gasteiger partial charge in [0.2, 0.25) is 17.6 Å². The number of thiazole rings is 1. The van der Waals surface area contributed by atoms with Crippen molar-refractivity contribution in [2.75, 3.05) is 24.2 Å². The Morgan fingerprint density at radius 2 is 2.00 bits per heavy atom. The van der Waals surface area contributed by atoms with Crippen LogP contribution in [0.4, 0.5) is 10.9 Å². The predicted octanol–water partition coefficient (Wildman–Crippen LogP) is 4.78. The van der Waals surface area contributed by atoms with Crippen molar-refractivity contribution in [3.63, 3.8) is 0 Å². The lowest BCUT2D eigenvalue weighted by Crippen LogP contribution is -2.37. The molecule has 1 saturated heterocycles. The van der Waals surface area contributed by atoms with Gasteiger partial charge in [-0.1, -0.05) is 38.1 Å². The van der Waals surface area contributed by atoms with E-state index in [0.717, 1.165) is 34.4 Å². The molecule has 36 heavy (non-hydrogen) atoms. The largest absolute Gasteiger partial charge is 0.365 e. The van der Waals surface area contributed by atoms with Gasteiger partial charge in [0.1, 0.15) is 5.82 Å². The lowest BCUT2D eigenvalue weighted by molar-refractivity contribution is -0.119. The SMILES string of the molecule is Cc1nc(-c2ccc3ccnc(N[C@H]4C[C@@H](C(=O)Nc5nc(C)c(C(C)(C)C)s5)N(C)C4)c3c2)no1. The van der Waals surface area contributed by atoms with Gasteiger partial charge in [0, 0.05) is 41.5 Å². The van der Waals surface area contributed by atoms with Crippen molar-refractivity contribution in [1.82, 2.24) is 25.0 Å². The molecular formula is C26H31N7O2S. The summed E-state index contributed by atoms with van der Waals surface area (Å²) in [6.07, 6.45) is 2.46. The van der Waals surface area contributed by atoms with E-state index in [4.69, 9.17) is 4.52 Å². The van der Waals surface area contributed by atoms with E-state index in [1.165, 1.54) is 4.88 Å². The van der Waals surface area contributed by atoms with E-state index in [9.17, 15) is 4.79 Å². The first-order chi connectivity index (χ1) is 17.1. The summed E-state index contributed by atoms with van der Waals surface area (Å²) in [6, 6.07) is 7.83. The zero-order valence-electron chi connectivity index (χ0n) is 21.4. The molecule has 1 aliphatic heterocycles. The first-order valence-electron chi connectivity index (χ1n) is 12.0. The third-order valence-electron chi connectivity index (χ3n) is 6.45. The van der Waals surface area contributed by atoms with E-state index in [0.29, 0.717) is 23.3 Å². The summed E-state index contributed by atoms with van der Waals surface area (Å²) in [7, 11) is 1.98. The number of hydrogen-bond donors (Lipinski definition) is 2. The quantitative estimate of drug-likeness (QED) is 0.399. The average molecular weight is 506 g/mol. The summed E-state index contributed by atoms with van der Waals surface area (Å²) in [4.78, 5) is 30.0. The van der Waals surface area contributed by atoms with Gasteiger partial charge >= 0.3 is 0 Å².